The lowest BCUT2D eigenvalue weighted by Crippen LogP contribution is -2.32. The highest BCUT2D eigenvalue weighted by Gasteiger charge is 2.20. The Kier molecular flexibility index (Phi) is 4.68. The van der Waals surface area contributed by atoms with E-state index in [0.717, 1.165) is 47.0 Å². The van der Waals surface area contributed by atoms with Crippen LogP contribution in [0.1, 0.15) is 31.2 Å². The molecule has 1 aromatic carbocycles. The van der Waals surface area contributed by atoms with Crippen molar-refractivity contribution in [2.24, 2.45) is 14.1 Å². The van der Waals surface area contributed by atoms with E-state index in [1.807, 2.05) is 26.6 Å². The molecule has 0 amide bonds. The van der Waals surface area contributed by atoms with Crippen molar-refractivity contribution in [3.63, 3.8) is 0 Å². The van der Waals surface area contributed by atoms with Gasteiger partial charge in [-0.1, -0.05) is 12.8 Å². The van der Waals surface area contributed by atoms with Gasteiger partial charge in [-0.25, -0.2) is 9.78 Å². The van der Waals surface area contributed by atoms with Crippen molar-refractivity contribution in [3.8, 4) is 11.3 Å². The lowest BCUT2D eigenvalue weighted by molar-refractivity contribution is 0.237. The average molecular weight is 367 g/mol. The molecule has 6 heteroatoms. The normalized spacial score (nSPS) is 15.4. The SMILES string of the molecule is Cc1cc2c(cc1-c1cncn1CCN(C)C1CCCC1)n(C)c(=O)n2C. The summed E-state index contributed by atoms with van der Waals surface area (Å²) < 4.78 is 5.66. The summed E-state index contributed by atoms with van der Waals surface area (Å²) in [4.78, 5) is 19.2. The smallest absolute Gasteiger partial charge is 0.328 e. The van der Waals surface area contributed by atoms with Gasteiger partial charge in [0.25, 0.3) is 0 Å². The largest absolute Gasteiger partial charge is 0.329 e. The second kappa shape index (κ2) is 7.00. The molecule has 0 unspecified atom stereocenters. The van der Waals surface area contributed by atoms with Crippen molar-refractivity contribution in [2.75, 3.05) is 13.6 Å². The van der Waals surface area contributed by atoms with E-state index in [9.17, 15) is 4.79 Å². The maximum Gasteiger partial charge on any atom is 0.328 e. The van der Waals surface area contributed by atoms with Gasteiger partial charge in [0.05, 0.1) is 29.3 Å². The lowest BCUT2D eigenvalue weighted by atomic mass is 10.0. The highest BCUT2D eigenvalue weighted by molar-refractivity contribution is 5.84. The maximum atomic E-state index is 12.3. The third-order valence-electron chi connectivity index (χ3n) is 6.25. The van der Waals surface area contributed by atoms with Gasteiger partial charge in [-0.15, -0.1) is 0 Å². The summed E-state index contributed by atoms with van der Waals surface area (Å²) in [5, 5.41) is 0. The van der Waals surface area contributed by atoms with Crippen LogP contribution in [-0.4, -0.2) is 43.2 Å². The fourth-order valence-electron chi connectivity index (χ4n) is 4.44. The predicted octanol–water partition coefficient (Wildman–Crippen LogP) is 2.92. The molecule has 0 spiro atoms. The van der Waals surface area contributed by atoms with Gasteiger partial charge in [-0.3, -0.25) is 9.13 Å². The molecule has 144 valence electrons. The fourth-order valence-corrected chi connectivity index (χ4v) is 4.44. The van der Waals surface area contributed by atoms with E-state index >= 15 is 0 Å². The Morgan fingerprint density at radius 1 is 1.15 bits per heavy atom. The van der Waals surface area contributed by atoms with Gasteiger partial charge < -0.3 is 9.47 Å². The Labute approximate surface area is 160 Å². The molecule has 0 N–H and O–H groups in total. The van der Waals surface area contributed by atoms with Crippen LogP contribution >= 0.6 is 0 Å². The van der Waals surface area contributed by atoms with Gasteiger partial charge >= 0.3 is 5.69 Å². The van der Waals surface area contributed by atoms with Crippen LogP contribution in [0.3, 0.4) is 0 Å². The first-order valence-electron chi connectivity index (χ1n) is 9.84. The Morgan fingerprint density at radius 3 is 2.52 bits per heavy atom. The Morgan fingerprint density at radius 2 is 1.81 bits per heavy atom. The molecule has 3 aromatic rings. The van der Waals surface area contributed by atoms with Crippen molar-refractivity contribution in [1.82, 2.24) is 23.6 Å². The van der Waals surface area contributed by atoms with Gasteiger partial charge in [-0.2, -0.15) is 0 Å². The number of hydrogen-bond donors (Lipinski definition) is 0. The van der Waals surface area contributed by atoms with Crippen molar-refractivity contribution in [3.05, 3.63) is 40.7 Å². The van der Waals surface area contributed by atoms with Crippen molar-refractivity contribution in [1.29, 1.82) is 0 Å². The predicted molar refractivity (Wildman–Crippen MR) is 109 cm³/mol. The van der Waals surface area contributed by atoms with Crippen LogP contribution in [-0.2, 0) is 20.6 Å². The second-order valence-electron chi connectivity index (χ2n) is 7.95. The minimum Gasteiger partial charge on any atom is -0.329 e. The maximum absolute atomic E-state index is 12.3. The molecule has 1 fully saturated rings. The second-order valence-corrected chi connectivity index (χ2v) is 7.95. The summed E-state index contributed by atoms with van der Waals surface area (Å²) in [6.45, 7) is 4.06. The minimum absolute atomic E-state index is 0.00764. The number of benzene rings is 1. The van der Waals surface area contributed by atoms with Crippen molar-refractivity contribution in [2.45, 2.75) is 45.2 Å². The van der Waals surface area contributed by atoms with E-state index in [1.54, 1.807) is 9.13 Å². The number of nitrogens with zero attached hydrogens (tertiary/aromatic N) is 5. The highest BCUT2D eigenvalue weighted by atomic mass is 16.1. The number of hydrogen-bond acceptors (Lipinski definition) is 3. The van der Waals surface area contributed by atoms with E-state index in [-0.39, 0.29) is 5.69 Å². The van der Waals surface area contributed by atoms with E-state index in [0.29, 0.717) is 0 Å². The van der Waals surface area contributed by atoms with Crippen molar-refractivity contribution >= 4 is 11.0 Å². The molecule has 0 radical (unpaired) electrons. The minimum atomic E-state index is 0.00764. The number of aromatic nitrogens is 4. The molecule has 1 aliphatic carbocycles. The summed E-state index contributed by atoms with van der Waals surface area (Å²) in [7, 11) is 5.90. The zero-order chi connectivity index (χ0) is 19.1. The van der Waals surface area contributed by atoms with Gasteiger partial charge in [0.15, 0.2) is 0 Å². The van der Waals surface area contributed by atoms with E-state index < -0.39 is 0 Å². The number of likely N-dealkylation sites (N-methyl/N-ethyl adjacent to an activating group) is 1. The number of aryl methyl sites for hydroxylation is 3. The third kappa shape index (κ3) is 3.12. The summed E-state index contributed by atoms with van der Waals surface area (Å²) >= 11 is 0. The molecule has 0 bridgehead atoms. The van der Waals surface area contributed by atoms with Gasteiger partial charge in [-0.05, 0) is 44.5 Å². The molecule has 2 aromatic heterocycles. The van der Waals surface area contributed by atoms with Crippen LogP contribution in [0.15, 0.2) is 29.5 Å². The van der Waals surface area contributed by atoms with Crippen LogP contribution in [0.4, 0.5) is 0 Å². The first-order valence-corrected chi connectivity index (χ1v) is 9.84. The van der Waals surface area contributed by atoms with Gasteiger partial charge in [0.2, 0.25) is 0 Å². The monoisotopic (exact) mass is 367 g/mol. The number of fused-ring (bicyclic) bond motifs is 1. The topological polar surface area (TPSA) is 48.0 Å². The molecule has 0 saturated heterocycles. The lowest BCUT2D eigenvalue weighted by Gasteiger charge is -2.24. The quantitative estimate of drug-likeness (QED) is 0.697. The first-order chi connectivity index (χ1) is 13.0. The molecular formula is C21H29N5O. The molecule has 0 aliphatic heterocycles. The first kappa shape index (κ1) is 18.0. The zero-order valence-corrected chi connectivity index (χ0v) is 16.8. The standard InChI is InChI=1S/C21H29N5O/c1-15-11-18-19(25(4)21(27)24(18)3)12-17(15)20-13-22-14-26(20)10-9-23(2)16-7-5-6-8-16/h11-14,16H,5-10H2,1-4H3. The fraction of sp³-hybridized carbons (Fsp3) is 0.524. The van der Waals surface area contributed by atoms with Crippen LogP contribution in [0, 0.1) is 6.92 Å². The van der Waals surface area contributed by atoms with Crippen molar-refractivity contribution < 1.29 is 0 Å². The molecular weight excluding hydrogens is 338 g/mol. The number of imidazole rings is 2. The van der Waals surface area contributed by atoms with Crippen LogP contribution in [0.5, 0.6) is 0 Å². The molecule has 2 heterocycles. The van der Waals surface area contributed by atoms with Gasteiger partial charge in [0.1, 0.15) is 0 Å². The van der Waals surface area contributed by atoms with Crippen LogP contribution in [0.25, 0.3) is 22.3 Å². The van der Waals surface area contributed by atoms with Crippen LogP contribution in [0.2, 0.25) is 0 Å². The summed E-state index contributed by atoms with van der Waals surface area (Å²) in [5.41, 5.74) is 5.35. The average Bonchev–Trinajstić information content (AvgIpc) is 3.39. The summed E-state index contributed by atoms with van der Waals surface area (Å²) in [6.07, 6.45) is 9.23. The van der Waals surface area contributed by atoms with Gasteiger partial charge in [0, 0.05) is 38.8 Å². The molecule has 1 aliphatic rings. The summed E-state index contributed by atoms with van der Waals surface area (Å²) in [5.74, 6) is 0. The molecule has 6 nitrogen and oxygen atoms in total. The van der Waals surface area contributed by atoms with E-state index in [4.69, 9.17) is 0 Å². The number of rotatable bonds is 5. The molecule has 1 saturated carbocycles. The summed E-state index contributed by atoms with van der Waals surface area (Å²) in [6, 6.07) is 4.96. The van der Waals surface area contributed by atoms with Crippen LogP contribution < -0.4 is 5.69 Å². The Hall–Kier alpha value is -2.34. The third-order valence-corrected chi connectivity index (χ3v) is 6.25. The van der Waals surface area contributed by atoms with E-state index in [1.165, 1.54) is 25.7 Å². The molecule has 4 rings (SSSR count). The molecule has 27 heavy (non-hydrogen) atoms. The highest BCUT2D eigenvalue weighted by Crippen LogP contribution is 2.28. The Balaban J connectivity index is 1.64. The van der Waals surface area contributed by atoms with E-state index in [2.05, 4.69) is 40.6 Å². The zero-order valence-electron chi connectivity index (χ0n) is 16.8. The molecule has 0 atom stereocenters. The Bertz CT molecular complexity index is 1020.